The molecule has 0 aliphatic rings. The molecule has 7 heteroatoms. The molecule has 0 aliphatic carbocycles. The fraction of sp³-hybridized carbons (Fsp3) is 0.944. The summed E-state index contributed by atoms with van der Waals surface area (Å²) in [5.74, 6) is 0. The van der Waals surface area contributed by atoms with E-state index in [2.05, 4.69) is 26.1 Å². The predicted molar refractivity (Wildman–Crippen MR) is 105 cm³/mol. The molecule has 0 aromatic rings. The van der Waals surface area contributed by atoms with Crippen LogP contribution in [0.5, 0.6) is 0 Å². The van der Waals surface area contributed by atoms with E-state index in [0.717, 1.165) is 63.8 Å². The number of primary amides is 1. The first-order valence-electron chi connectivity index (χ1n) is 10.0. The van der Waals surface area contributed by atoms with E-state index < -0.39 is 14.8 Å². The summed E-state index contributed by atoms with van der Waals surface area (Å²) in [4.78, 5) is 10.7. The molecule has 0 atom stereocenters. The Morgan fingerprint density at radius 1 is 0.800 bits per heavy atom. The average Bonchev–Trinajstić information content (AvgIpc) is 2.58. The standard InChI is InChI=1S/C18H40N2O4Si/c1-4-7-14-22-25(23-15-8-5-2,24-16-9-6-3)17-12-10-11-13-20-18(19)21/h4-17H2,1-3H3,(H3,19,20,21). The van der Waals surface area contributed by atoms with Crippen LogP contribution in [-0.4, -0.2) is 41.2 Å². The van der Waals surface area contributed by atoms with Gasteiger partial charge >= 0.3 is 14.8 Å². The molecule has 150 valence electrons. The molecule has 6 nitrogen and oxygen atoms in total. The molecule has 0 aliphatic heterocycles. The fourth-order valence-corrected chi connectivity index (χ4v) is 5.04. The van der Waals surface area contributed by atoms with Crippen LogP contribution < -0.4 is 11.1 Å². The maximum Gasteiger partial charge on any atom is 0.500 e. The molecule has 3 N–H and O–H groups in total. The van der Waals surface area contributed by atoms with E-state index in [1.807, 2.05) is 0 Å². The predicted octanol–water partition coefficient (Wildman–Crippen LogP) is 4.21. The molecule has 25 heavy (non-hydrogen) atoms. The largest absolute Gasteiger partial charge is 0.500 e. The molecule has 0 aromatic carbocycles. The Morgan fingerprint density at radius 2 is 1.28 bits per heavy atom. The molecule has 0 aromatic heterocycles. The van der Waals surface area contributed by atoms with Crippen molar-refractivity contribution in [1.29, 1.82) is 0 Å². The van der Waals surface area contributed by atoms with Crippen LogP contribution in [0.3, 0.4) is 0 Å². The monoisotopic (exact) mass is 376 g/mol. The summed E-state index contributed by atoms with van der Waals surface area (Å²) in [6.07, 6.45) is 9.31. The van der Waals surface area contributed by atoms with Gasteiger partial charge in [0, 0.05) is 32.4 Å². The van der Waals surface area contributed by atoms with E-state index in [4.69, 9.17) is 19.0 Å². The Bertz CT molecular complexity index is 293. The van der Waals surface area contributed by atoms with Crippen LogP contribution in [0, 0.1) is 0 Å². The SMILES string of the molecule is CCCCO[Si](CCCCCNC(N)=O)(OCCCC)OCCCC. The molecular formula is C18H40N2O4Si. The van der Waals surface area contributed by atoms with Crippen molar-refractivity contribution in [1.82, 2.24) is 5.32 Å². The van der Waals surface area contributed by atoms with Crippen LogP contribution in [0.15, 0.2) is 0 Å². The van der Waals surface area contributed by atoms with Gasteiger partial charge in [0.15, 0.2) is 0 Å². The minimum atomic E-state index is -2.60. The summed E-state index contributed by atoms with van der Waals surface area (Å²) in [6, 6.07) is 0.387. The van der Waals surface area contributed by atoms with Crippen LogP contribution in [0.1, 0.15) is 78.6 Å². The third-order valence-corrected chi connectivity index (χ3v) is 6.82. The van der Waals surface area contributed by atoms with Crippen LogP contribution in [-0.2, 0) is 13.3 Å². The van der Waals surface area contributed by atoms with Crippen LogP contribution in [0.4, 0.5) is 4.79 Å². The maximum absolute atomic E-state index is 10.7. The van der Waals surface area contributed by atoms with Crippen molar-refractivity contribution in [2.75, 3.05) is 26.4 Å². The van der Waals surface area contributed by atoms with Crippen LogP contribution in [0.25, 0.3) is 0 Å². The van der Waals surface area contributed by atoms with Gasteiger partial charge < -0.3 is 24.3 Å². The highest BCUT2D eigenvalue weighted by atomic mass is 28.4. The van der Waals surface area contributed by atoms with E-state index in [0.29, 0.717) is 26.4 Å². The first-order valence-corrected chi connectivity index (χ1v) is 12.0. The number of amides is 2. The number of nitrogens with two attached hydrogens (primary N) is 1. The quantitative estimate of drug-likeness (QED) is 0.277. The van der Waals surface area contributed by atoms with Gasteiger partial charge in [-0.1, -0.05) is 46.5 Å². The van der Waals surface area contributed by atoms with Crippen molar-refractivity contribution in [3.63, 3.8) is 0 Å². The Hall–Kier alpha value is -0.633. The molecule has 0 radical (unpaired) electrons. The van der Waals surface area contributed by atoms with Gasteiger partial charge in [-0.2, -0.15) is 0 Å². The Balaban J connectivity index is 4.50. The normalized spacial score (nSPS) is 11.6. The highest BCUT2D eigenvalue weighted by molar-refractivity contribution is 6.60. The molecule has 0 spiro atoms. The Morgan fingerprint density at radius 3 is 1.68 bits per heavy atom. The van der Waals surface area contributed by atoms with Crippen molar-refractivity contribution in [3.8, 4) is 0 Å². The van der Waals surface area contributed by atoms with Gasteiger partial charge in [-0.25, -0.2) is 4.79 Å². The molecule has 0 rings (SSSR count). The fourth-order valence-electron chi connectivity index (χ4n) is 2.31. The summed E-state index contributed by atoms with van der Waals surface area (Å²) in [5.41, 5.74) is 5.08. The third kappa shape index (κ3) is 14.2. The lowest BCUT2D eigenvalue weighted by Crippen LogP contribution is -2.46. The lowest BCUT2D eigenvalue weighted by molar-refractivity contribution is 0.0557. The van der Waals surface area contributed by atoms with Crippen molar-refractivity contribution in [2.24, 2.45) is 5.73 Å². The Kier molecular flexibility index (Phi) is 16.4. The van der Waals surface area contributed by atoms with E-state index in [-0.39, 0.29) is 0 Å². The Labute approximate surface area is 155 Å². The summed E-state index contributed by atoms with van der Waals surface area (Å²) in [7, 11) is -2.60. The number of hydrogen-bond acceptors (Lipinski definition) is 4. The molecule has 2 amide bonds. The van der Waals surface area contributed by atoms with Gasteiger partial charge in [0.05, 0.1) is 0 Å². The van der Waals surface area contributed by atoms with E-state index >= 15 is 0 Å². The summed E-state index contributed by atoms with van der Waals surface area (Å²) < 4.78 is 18.6. The zero-order valence-corrected chi connectivity index (χ0v) is 17.6. The van der Waals surface area contributed by atoms with E-state index in [1.165, 1.54) is 0 Å². The third-order valence-electron chi connectivity index (χ3n) is 3.92. The van der Waals surface area contributed by atoms with E-state index in [1.54, 1.807) is 0 Å². The highest BCUT2D eigenvalue weighted by Gasteiger charge is 2.40. The number of unbranched alkanes of at least 4 members (excludes halogenated alkanes) is 5. The molecule has 0 heterocycles. The first kappa shape index (κ1) is 24.4. The van der Waals surface area contributed by atoms with Crippen molar-refractivity contribution in [3.05, 3.63) is 0 Å². The second kappa shape index (κ2) is 16.8. The molecule has 0 fully saturated rings. The van der Waals surface area contributed by atoms with Gasteiger partial charge in [-0.3, -0.25) is 0 Å². The average molecular weight is 377 g/mol. The lowest BCUT2D eigenvalue weighted by atomic mass is 10.2. The number of rotatable bonds is 18. The second-order valence-electron chi connectivity index (χ2n) is 6.39. The number of nitrogens with one attached hydrogen (secondary N) is 1. The number of hydrogen-bond donors (Lipinski definition) is 2. The van der Waals surface area contributed by atoms with Gasteiger partial charge in [0.2, 0.25) is 0 Å². The van der Waals surface area contributed by atoms with Gasteiger partial charge in [0.25, 0.3) is 0 Å². The zero-order chi connectivity index (χ0) is 18.8. The summed E-state index contributed by atoms with van der Waals surface area (Å²) >= 11 is 0. The molecule has 0 unspecified atom stereocenters. The molecular weight excluding hydrogens is 336 g/mol. The van der Waals surface area contributed by atoms with Gasteiger partial charge in [0.1, 0.15) is 0 Å². The number of carbonyl (C=O) groups is 1. The smallest absolute Gasteiger partial charge is 0.373 e. The molecule has 0 saturated heterocycles. The van der Waals surface area contributed by atoms with Crippen molar-refractivity contribution in [2.45, 2.75) is 84.6 Å². The minimum absolute atomic E-state index is 0.461. The minimum Gasteiger partial charge on any atom is -0.373 e. The van der Waals surface area contributed by atoms with Crippen molar-refractivity contribution >= 4 is 14.8 Å². The summed E-state index contributed by atoms with van der Waals surface area (Å²) in [6.45, 7) is 9.24. The second-order valence-corrected chi connectivity index (χ2v) is 9.12. The topological polar surface area (TPSA) is 82.8 Å². The molecule has 0 bridgehead atoms. The highest BCUT2D eigenvalue weighted by Crippen LogP contribution is 2.21. The van der Waals surface area contributed by atoms with Crippen LogP contribution >= 0.6 is 0 Å². The zero-order valence-electron chi connectivity index (χ0n) is 16.6. The van der Waals surface area contributed by atoms with Crippen LogP contribution in [0.2, 0.25) is 6.04 Å². The maximum atomic E-state index is 10.7. The van der Waals surface area contributed by atoms with Gasteiger partial charge in [-0.05, 0) is 32.1 Å². The van der Waals surface area contributed by atoms with Gasteiger partial charge in [-0.15, -0.1) is 0 Å². The van der Waals surface area contributed by atoms with Crippen molar-refractivity contribution < 1.29 is 18.1 Å². The summed E-state index contributed by atoms with van der Waals surface area (Å²) in [5, 5.41) is 2.63. The molecule has 0 saturated carbocycles. The number of carbonyl (C=O) groups excluding carboxylic acids is 1. The van der Waals surface area contributed by atoms with E-state index in [9.17, 15) is 4.79 Å². The number of urea groups is 1. The lowest BCUT2D eigenvalue weighted by Gasteiger charge is -2.30. The first-order chi connectivity index (χ1) is 12.1.